The lowest BCUT2D eigenvalue weighted by Gasteiger charge is -2.33. The van der Waals surface area contributed by atoms with Crippen molar-refractivity contribution in [3.05, 3.63) is 47.7 Å². The molecule has 0 radical (unpaired) electrons. The van der Waals surface area contributed by atoms with Gasteiger partial charge in [0.1, 0.15) is 34.8 Å². The molecule has 7 rings (SSSR count). The molecule has 3 fully saturated rings. The molecule has 4 aromatic rings. The van der Waals surface area contributed by atoms with E-state index in [2.05, 4.69) is 25.8 Å². The highest BCUT2D eigenvalue weighted by molar-refractivity contribution is 6.03. The van der Waals surface area contributed by atoms with Crippen molar-refractivity contribution in [1.82, 2.24) is 19.9 Å². The molecule has 11 heteroatoms. The zero-order chi connectivity index (χ0) is 31.0. The predicted octanol–water partition coefficient (Wildman–Crippen LogP) is 5.22. The Morgan fingerprint density at radius 1 is 1.11 bits per heavy atom. The number of rotatable bonds is 4. The number of halogens is 3. The molecule has 3 unspecified atom stereocenters. The number of aliphatic hydroxyl groups excluding tert-OH is 1. The highest BCUT2D eigenvalue weighted by Gasteiger charge is 2.34. The summed E-state index contributed by atoms with van der Waals surface area (Å²) in [5.41, 5.74) is -0.0791. The molecule has 8 nitrogen and oxygen atoms in total. The maximum absolute atomic E-state index is 16.1. The van der Waals surface area contributed by atoms with Crippen molar-refractivity contribution in [1.29, 1.82) is 0 Å². The lowest BCUT2D eigenvalue weighted by atomic mass is 9.95. The number of aromatic hydroxyl groups is 1. The van der Waals surface area contributed by atoms with Crippen LogP contribution in [0.4, 0.5) is 19.0 Å². The number of aromatic nitrogens is 3. The second-order valence-corrected chi connectivity index (χ2v) is 11.6. The van der Waals surface area contributed by atoms with E-state index in [1.54, 1.807) is 0 Å². The van der Waals surface area contributed by atoms with Gasteiger partial charge in [-0.25, -0.2) is 13.2 Å². The fourth-order valence-corrected chi connectivity index (χ4v) is 6.73. The molecule has 2 aromatic heterocycles. The van der Waals surface area contributed by atoms with Gasteiger partial charge < -0.3 is 19.8 Å². The molecule has 230 valence electrons. The normalized spacial score (nSPS) is 21.6. The Morgan fingerprint density at radius 3 is 2.68 bits per heavy atom. The van der Waals surface area contributed by atoms with Gasteiger partial charge in [-0.1, -0.05) is 12.0 Å². The van der Waals surface area contributed by atoms with Crippen LogP contribution in [-0.2, 0) is 0 Å². The van der Waals surface area contributed by atoms with Crippen molar-refractivity contribution in [3.63, 3.8) is 0 Å². The maximum Gasteiger partial charge on any atom is 0.318 e. The molecule has 0 saturated carbocycles. The molecule has 3 aliphatic rings. The molecular weight excluding hydrogens is 571 g/mol. The molecule has 3 atom stereocenters. The third-order valence-corrected chi connectivity index (χ3v) is 8.81. The first-order chi connectivity index (χ1) is 21.3. The van der Waals surface area contributed by atoms with Crippen LogP contribution >= 0.6 is 0 Å². The number of hydrogen-bond acceptors (Lipinski definition) is 8. The van der Waals surface area contributed by atoms with E-state index in [4.69, 9.17) is 11.2 Å². The third-order valence-electron chi connectivity index (χ3n) is 8.81. The molecular formula is C33H34F3N5O3. The van der Waals surface area contributed by atoms with E-state index in [9.17, 15) is 19.0 Å². The third kappa shape index (κ3) is 5.60. The Hall–Kier alpha value is -4.14. The molecule has 2 N–H and O–H groups in total. The number of piperidine rings is 1. The zero-order valence-electron chi connectivity index (χ0n) is 24.4. The smallest absolute Gasteiger partial charge is 0.318 e. The van der Waals surface area contributed by atoms with Gasteiger partial charge in [-0.15, -0.1) is 6.42 Å². The number of hydrogen-bond donors (Lipinski definition) is 2. The summed E-state index contributed by atoms with van der Waals surface area (Å²) in [5, 5.41) is 21.0. The van der Waals surface area contributed by atoms with Gasteiger partial charge in [0.05, 0.1) is 18.1 Å². The van der Waals surface area contributed by atoms with E-state index < -0.39 is 17.8 Å². The van der Waals surface area contributed by atoms with E-state index in [0.29, 0.717) is 42.3 Å². The van der Waals surface area contributed by atoms with Gasteiger partial charge in [-0.2, -0.15) is 9.97 Å². The first-order valence-corrected chi connectivity index (χ1v) is 14.9. The Balaban J connectivity index is 0.000000323. The fraction of sp³-hybridized carbons (Fsp3) is 0.424. The topological polar surface area (TPSA) is 94.8 Å². The quantitative estimate of drug-likeness (QED) is 0.306. The van der Waals surface area contributed by atoms with Crippen LogP contribution in [0, 0.1) is 29.9 Å². The molecule has 3 saturated heterocycles. The Kier molecular flexibility index (Phi) is 8.47. The highest BCUT2D eigenvalue weighted by Crippen LogP contribution is 2.39. The van der Waals surface area contributed by atoms with Crippen molar-refractivity contribution < 1.29 is 28.1 Å². The van der Waals surface area contributed by atoms with Gasteiger partial charge in [-0.3, -0.25) is 9.88 Å². The van der Waals surface area contributed by atoms with Crippen LogP contribution in [0.5, 0.6) is 11.8 Å². The van der Waals surface area contributed by atoms with Gasteiger partial charge in [0.2, 0.25) is 0 Å². The highest BCUT2D eigenvalue weighted by atomic mass is 19.1. The minimum atomic E-state index is -0.778. The molecule has 0 bridgehead atoms. The van der Waals surface area contributed by atoms with Crippen molar-refractivity contribution in [3.8, 4) is 35.4 Å². The number of fused-ring (bicyclic) bond motifs is 3. The fourth-order valence-electron chi connectivity index (χ4n) is 6.73. The molecule has 0 spiro atoms. The Labute approximate surface area is 253 Å². The van der Waals surface area contributed by atoms with Gasteiger partial charge >= 0.3 is 6.01 Å². The average Bonchev–Trinajstić information content (AvgIpc) is 3.62. The van der Waals surface area contributed by atoms with Crippen molar-refractivity contribution >= 4 is 27.5 Å². The number of ether oxygens (including phenoxy) is 1. The van der Waals surface area contributed by atoms with Crippen LogP contribution in [0.2, 0.25) is 0 Å². The van der Waals surface area contributed by atoms with Crippen LogP contribution in [-0.4, -0.2) is 82.2 Å². The number of terminal acetylenes is 1. The monoisotopic (exact) mass is 605 g/mol. The van der Waals surface area contributed by atoms with Gasteiger partial charge in [0, 0.05) is 49.4 Å². The summed E-state index contributed by atoms with van der Waals surface area (Å²) in [7, 11) is 1.39. The number of anilines is 1. The van der Waals surface area contributed by atoms with E-state index in [1.807, 2.05) is 4.90 Å². The van der Waals surface area contributed by atoms with Crippen LogP contribution in [0.15, 0.2) is 30.5 Å². The van der Waals surface area contributed by atoms with Crippen LogP contribution in [0.25, 0.3) is 32.9 Å². The molecule has 2 aromatic carbocycles. The molecule has 5 heterocycles. The summed E-state index contributed by atoms with van der Waals surface area (Å²) in [4.78, 5) is 17.3. The summed E-state index contributed by atoms with van der Waals surface area (Å²) in [6, 6.07) is 5.98. The summed E-state index contributed by atoms with van der Waals surface area (Å²) >= 11 is 0. The standard InChI is InChI=1S/C26H22F2N4O3.C7H12FN/c1-3-17-20(27)7-6-15-9-16(34)10-18(21(15)17)23-22(28)24-19(11-29-23)25(31-26(30-24)35-2)32-8-4-5-14(12-32)13-33;8-6-4-7-2-1-3-9(7)5-6/h1,6-7,9-11,14,33-34H,4-5,8,12-13H2,2H3;6-7H,1-5H2. The number of aliphatic hydroxyl groups is 1. The maximum atomic E-state index is 16.1. The van der Waals surface area contributed by atoms with Crippen molar-refractivity contribution in [2.24, 2.45) is 5.92 Å². The van der Waals surface area contributed by atoms with Gasteiger partial charge in [0.25, 0.3) is 0 Å². The number of pyridine rings is 1. The minimum Gasteiger partial charge on any atom is -0.508 e. The summed E-state index contributed by atoms with van der Waals surface area (Å²) in [6.45, 7) is 3.14. The summed E-state index contributed by atoms with van der Waals surface area (Å²) in [5.74, 6) is 1.30. The summed E-state index contributed by atoms with van der Waals surface area (Å²) < 4.78 is 48.4. The zero-order valence-corrected chi connectivity index (χ0v) is 24.4. The lowest BCUT2D eigenvalue weighted by Crippen LogP contribution is -2.37. The average molecular weight is 606 g/mol. The molecule has 3 aliphatic heterocycles. The van der Waals surface area contributed by atoms with Crippen molar-refractivity contribution in [2.75, 3.05) is 44.8 Å². The Bertz CT molecular complexity index is 1730. The van der Waals surface area contributed by atoms with Gasteiger partial charge in [-0.05, 0) is 68.2 Å². The molecule has 0 aliphatic carbocycles. The second-order valence-electron chi connectivity index (χ2n) is 11.6. The first-order valence-electron chi connectivity index (χ1n) is 14.9. The van der Waals surface area contributed by atoms with Crippen LogP contribution in [0.3, 0.4) is 0 Å². The predicted molar refractivity (Wildman–Crippen MR) is 162 cm³/mol. The van der Waals surface area contributed by atoms with Gasteiger partial charge in [0.15, 0.2) is 5.82 Å². The second kappa shape index (κ2) is 12.5. The largest absolute Gasteiger partial charge is 0.508 e. The van der Waals surface area contributed by atoms with Crippen LogP contribution < -0.4 is 9.64 Å². The number of nitrogens with zero attached hydrogens (tertiary/aromatic N) is 5. The first kappa shape index (κ1) is 29.9. The Morgan fingerprint density at radius 2 is 1.93 bits per heavy atom. The number of benzene rings is 2. The minimum absolute atomic E-state index is 0.0224. The SMILES string of the molecule is C#Cc1c(F)ccc2cc(O)cc(-c3ncc4c(N5CCCC(CO)C5)nc(OC)nc4c3F)c12.FC1CC2CCCN2C1. The van der Waals surface area contributed by atoms with E-state index >= 15 is 4.39 Å². The molecule has 44 heavy (non-hydrogen) atoms. The number of methoxy groups -OCH3 is 1. The van der Waals surface area contributed by atoms with Crippen LogP contribution in [0.1, 0.15) is 37.7 Å². The number of alkyl halides is 1. The van der Waals surface area contributed by atoms with Crippen molar-refractivity contribution in [2.45, 2.75) is 44.3 Å². The summed E-state index contributed by atoms with van der Waals surface area (Å²) in [6.07, 6.45) is 11.6. The lowest BCUT2D eigenvalue weighted by molar-refractivity contribution is 0.208. The van der Waals surface area contributed by atoms with E-state index in [1.165, 1.54) is 50.4 Å². The number of phenols is 1. The van der Waals surface area contributed by atoms with E-state index in [-0.39, 0.29) is 52.0 Å². The number of phenolic OH excluding ortho intramolecular Hbond substituents is 1. The molecule has 0 amide bonds. The van der Waals surface area contributed by atoms with E-state index in [0.717, 1.165) is 25.8 Å².